The number of hydrogen-bond acceptors (Lipinski definition) is 17. The molecule has 42 heavy (non-hydrogen) atoms. The highest BCUT2D eigenvalue weighted by Crippen LogP contribution is 2.37. The zero-order valence-electron chi connectivity index (χ0n) is 20.7. The van der Waals surface area contributed by atoms with Gasteiger partial charge in [0.05, 0.1) is 28.6 Å². The van der Waals surface area contributed by atoms with Gasteiger partial charge in [-0.25, -0.2) is 13.7 Å². The monoisotopic (exact) mass is 664 g/mol. The van der Waals surface area contributed by atoms with Crippen LogP contribution in [-0.2, 0) is 43.6 Å². The second kappa shape index (κ2) is 13.6. The number of nitrogens with two attached hydrogens (primary N) is 2. The van der Waals surface area contributed by atoms with Gasteiger partial charge in [-0.3, -0.25) is 13.3 Å². The smallest absolute Gasteiger partial charge is 0.296 e. The summed E-state index contributed by atoms with van der Waals surface area (Å²) < 4.78 is 100.0. The van der Waals surface area contributed by atoms with Crippen LogP contribution in [0.15, 0.2) is 89.7 Å². The van der Waals surface area contributed by atoms with Crippen LogP contribution in [-0.4, -0.2) is 52.0 Å². The SMILES string of the molecule is Nc1cc(N)c(/N=N/c2ccc(S(=O)(=O)CCOSOOO)cc2S(=O)(=O)O)cc1/N=N/c1ccccc1S(=O)(=O)O. The van der Waals surface area contributed by atoms with Crippen LogP contribution in [0, 0.1) is 0 Å². The number of nitrogens with zero attached hydrogens (tertiary/aromatic N) is 4. The molecule has 0 spiro atoms. The van der Waals surface area contributed by atoms with Gasteiger partial charge in [0.1, 0.15) is 32.5 Å². The maximum atomic E-state index is 12.6. The van der Waals surface area contributed by atoms with Crippen molar-refractivity contribution >= 4 is 76.5 Å². The summed E-state index contributed by atoms with van der Waals surface area (Å²) >= 11 is 0.145. The second-order valence-corrected chi connectivity index (χ2v) is 13.2. The third kappa shape index (κ3) is 8.71. The van der Waals surface area contributed by atoms with Crippen LogP contribution >= 0.6 is 12.3 Å². The molecular weight excluding hydrogens is 645 g/mol. The molecule has 0 fully saturated rings. The minimum absolute atomic E-state index is 0.00875. The Morgan fingerprint density at radius 1 is 0.714 bits per heavy atom. The molecule has 0 heterocycles. The Balaban J connectivity index is 1.94. The summed E-state index contributed by atoms with van der Waals surface area (Å²) in [4.78, 5) is -1.90. The summed E-state index contributed by atoms with van der Waals surface area (Å²) in [7, 11) is -13.7. The average Bonchev–Trinajstić information content (AvgIpc) is 2.91. The standard InChI is InChI=1S/C20H20N6O12S4/c21-13-10-14(22)18(11-17(13)25-23-15-3-1-2-4-19(15)41(30,31)32)26-24-16-6-5-12(9-20(16)42(33,34)35)40(28,29)8-7-36-39-38-37-27/h1-6,9-11,27H,7-8,21-22H2,(H,30,31,32)(H,33,34,35)/b25-23+,26-24+. The molecule has 0 unspecified atom stereocenters. The van der Waals surface area contributed by atoms with E-state index in [0.717, 1.165) is 18.2 Å². The van der Waals surface area contributed by atoms with Crippen LogP contribution in [0.3, 0.4) is 0 Å². The second-order valence-electron chi connectivity index (χ2n) is 7.77. The topological polar surface area (TPSA) is 292 Å². The van der Waals surface area contributed by atoms with Crippen LogP contribution in [0.2, 0.25) is 0 Å². The number of anilines is 2. The first-order valence-corrected chi connectivity index (χ1v) is 16.0. The van der Waals surface area contributed by atoms with Gasteiger partial charge in [0.2, 0.25) is 0 Å². The molecule has 3 rings (SSSR count). The highest BCUT2D eigenvalue weighted by molar-refractivity contribution is 7.91. The number of azo groups is 2. The van der Waals surface area contributed by atoms with Gasteiger partial charge in [-0.2, -0.15) is 16.8 Å². The molecule has 22 heteroatoms. The molecule has 0 radical (unpaired) electrons. The quantitative estimate of drug-likeness (QED) is 0.0328. The number of hydrogen-bond donors (Lipinski definition) is 5. The third-order valence-electron chi connectivity index (χ3n) is 4.96. The fourth-order valence-electron chi connectivity index (χ4n) is 3.06. The van der Waals surface area contributed by atoms with Gasteiger partial charge >= 0.3 is 0 Å². The molecule has 0 amide bonds. The van der Waals surface area contributed by atoms with Crippen molar-refractivity contribution in [3.63, 3.8) is 0 Å². The fourth-order valence-corrected chi connectivity index (χ4v) is 5.84. The van der Waals surface area contributed by atoms with Crippen molar-refractivity contribution in [1.82, 2.24) is 0 Å². The first kappa shape index (κ1) is 32.9. The Morgan fingerprint density at radius 2 is 1.26 bits per heavy atom. The van der Waals surface area contributed by atoms with Gasteiger partial charge in [-0.05, 0) is 42.5 Å². The maximum absolute atomic E-state index is 12.6. The van der Waals surface area contributed by atoms with E-state index in [0.29, 0.717) is 6.07 Å². The normalized spacial score (nSPS) is 12.8. The molecule has 3 aromatic carbocycles. The van der Waals surface area contributed by atoms with Gasteiger partial charge < -0.3 is 11.5 Å². The third-order valence-corrected chi connectivity index (χ3v) is 8.80. The van der Waals surface area contributed by atoms with E-state index < -0.39 is 62.8 Å². The van der Waals surface area contributed by atoms with E-state index in [-0.39, 0.29) is 40.8 Å². The Morgan fingerprint density at radius 3 is 1.83 bits per heavy atom. The van der Waals surface area contributed by atoms with Gasteiger partial charge in [0.25, 0.3) is 20.2 Å². The Bertz CT molecular complexity index is 1850. The minimum atomic E-state index is -5.01. The maximum Gasteiger partial charge on any atom is 0.296 e. The Hall–Kier alpha value is -3.58. The van der Waals surface area contributed by atoms with E-state index in [1.165, 1.54) is 30.3 Å². The van der Waals surface area contributed by atoms with E-state index in [4.69, 9.17) is 16.7 Å². The molecule has 0 saturated heterocycles. The summed E-state index contributed by atoms with van der Waals surface area (Å²) in [6, 6.07) is 10.2. The number of sulfone groups is 1. The van der Waals surface area contributed by atoms with Crippen molar-refractivity contribution in [2.75, 3.05) is 23.8 Å². The first-order chi connectivity index (χ1) is 19.6. The van der Waals surface area contributed by atoms with Gasteiger partial charge in [0.15, 0.2) is 22.2 Å². The predicted octanol–water partition coefficient (Wildman–Crippen LogP) is 3.95. The number of benzene rings is 3. The summed E-state index contributed by atoms with van der Waals surface area (Å²) in [6.07, 6.45) is 0. The van der Waals surface area contributed by atoms with Gasteiger partial charge in [-0.15, -0.1) is 24.8 Å². The predicted molar refractivity (Wildman–Crippen MR) is 147 cm³/mol. The average molecular weight is 665 g/mol. The van der Waals surface area contributed by atoms with E-state index >= 15 is 0 Å². The lowest BCUT2D eigenvalue weighted by atomic mass is 10.2. The van der Waals surface area contributed by atoms with Crippen molar-refractivity contribution in [2.24, 2.45) is 20.5 Å². The van der Waals surface area contributed by atoms with Crippen LogP contribution in [0.5, 0.6) is 0 Å². The Labute approximate surface area is 242 Å². The zero-order valence-corrected chi connectivity index (χ0v) is 24.0. The summed E-state index contributed by atoms with van der Waals surface area (Å²) in [6.45, 7) is -0.448. The molecule has 0 saturated carbocycles. The van der Waals surface area contributed by atoms with E-state index in [1.54, 1.807) is 0 Å². The summed E-state index contributed by atoms with van der Waals surface area (Å²) in [5.41, 5.74) is 10.9. The highest BCUT2D eigenvalue weighted by atomic mass is 32.2. The molecule has 0 aliphatic heterocycles. The van der Waals surface area contributed by atoms with Crippen LogP contribution in [0.25, 0.3) is 0 Å². The fraction of sp³-hybridized carbons (Fsp3) is 0.100. The van der Waals surface area contributed by atoms with Crippen molar-refractivity contribution in [1.29, 1.82) is 0 Å². The summed E-state index contributed by atoms with van der Waals surface area (Å²) in [5, 5.41) is 26.6. The summed E-state index contributed by atoms with van der Waals surface area (Å²) in [5.74, 6) is -0.644. The molecule has 3 aromatic rings. The molecule has 7 N–H and O–H groups in total. The van der Waals surface area contributed by atoms with E-state index in [1.807, 2.05) is 0 Å². The molecule has 0 aliphatic rings. The molecule has 0 atom stereocenters. The van der Waals surface area contributed by atoms with Crippen LogP contribution in [0.4, 0.5) is 34.1 Å². The van der Waals surface area contributed by atoms with E-state index in [9.17, 15) is 34.4 Å². The lowest BCUT2D eigenvalue weighted by Crippen LogP contribution is -2.12. The lowest BCUT2D eigenvalue weighted by molar-refractivity contribution is -0.434. The molecular formula is C20H20N6O12S4. The molecule has 18 nitrogen and oxygen atoms in total. The van der Waals surface area contributed by atoms with E-state index in [2.05, 4.69) is 34.0 Å². The van der Waals surface area contributed by atoms with Crippen LogP contribution in [0.1, 0.15) is 0 Å². The van der Waals surface area contributed by atoms with Gasteiger partial charge in [0, 0.05) is 0 Å². The highest BCUT2D eigenvalue weighted by Gasteiger charge is 2.22. The largest absolute Gasteiger partial charge is 0.397 e. The lowest BCUT2D eigenvalue weighted by Gasteiger charge is -2.08. The molecule has 226 valence electrons. The van der Waals surface area contributed by atoms with Crippen molar-refractivity contribution in [3.05, 3.63) is 54.6 Å². The van der Waals surface area contributed by atoms with Crippen molar-refractivity contribution in [3.8, 4) is 0 Å². The molecule has 0 aliphatic carbocycles. The van der Waals surface area contributed by atoms with Crippen molar-refractivity contribution < 1.29 is 53.2 Å². The first-order valence-electron chi connectivity index (χ1n) is 10.8. The Kier molecular flexibility index (Phi) is 10.7. The van der Waals surface area contributed by atoms with Crippen molar-refractivity contribution in [2.45, 2.75) is 14.7 Å². The molecule has 0 bridgehead atoms. The number of nitrogen functional groups attached to an aromatic ring is 2. The minimum Gasteiger partial charge on any atom is -0.397 e. The molecule has 0 aromatic heterocycles. The zero-order chi connectivity index (χ0) is 31.1. The van der Waals surface area contributed by atoms with Gasteiger partial charge in [-0.1, -0.05) is 17.2 Å². The number of rotatable bonds is 13. The van der Waals surface area contributed by atoms with Crippen LogP contribution < -0.4 is 11.5 Å².